The average molecular weight is 302 g/mol. The molecule has 16 heavy (non-hydrogen) atoms. The van der Waals surface area contributed by atoms with Crippen LogP contribution in [0, 0.1) is 0 Å². The van der Waals surface area contributed by atoms with Gasteiger partial charge < -0.3 is 10.3 Å². The van der Waals surface area contributed by atoms with Crippen LogP contribution in [0.1, 0.15) is 24.4 Å². The van der Waals surface area contributed by atoms with Crippen LogP contribution in [0.5, 0.6) is 0 Å². The van der Waals surface area contributed by atoms with E-state index >= 15 is 0 Å². The molecule has 1 aromatic carbocycles. The number of nitrogens with one attached hydrogen (secondary N) is 2. The Balaban J connectivity index is 0.000000963. The third-order valence-electron chi connectivity index (χ3n) is 3.11. The Hall–Kier alpha value is -0.510. The van der Waals surface area contributed by atoms with Crippen molar-refractivity contribution in [3.8, 4) is 0 Å². The molecule has 2 aromatic rings. The summed E-state index contributed by atoms with van der Waals surface area (Å²) < 4.78 is 1.15. The molecule has 1 saturated heterocycles. The highest BCUT2D eigenvalue weighted by molar-refractivity contribution is 9.10. The second kappa shape index (κ2) is 4.78. The smallest absolute Gasteiger partial charge is 0.0458 e. The van der Waals surface area contributed by atoms with Crippen molar-refractivity contribution in [2.45, 2.75) is 18.9 Å². The summed E-state index contributed by atoms with van der Waals surface area (Å²) in [6, 6.07) is 6.93. The van der Waals surface area contributed by atoms with Gasteiger partial charge in [0, 0.05) is 27.6 Å². The Kier molecular flexibility index (Phi) is 3.57. The summed E-state index contributed by atoms with van der Waals surface area (Å²) >= 11 is 3.53. The van der Waals surface area contributed by atoms with E-state index in [2.05, 4.69) is 50.6 Å². The van der Waals surface area contributed by atoms with Gasteiger partial charge in [-0.15, -0.1) is 12.4 Å². The Morgan fingerprint density at radius 1 is 1.31 bits per heavy atom. The Labute approximate surface area is 109 Å². The van der Waals surface area contributed by atoms with Gasteiger partial charge in [-0.3, -0.25) is 0 Å². The first-order valence-electron chi connectivity index (χ1n) is 5.34. The zero-order valence-electron chi connectivity index (χ0n) is 8.79. The van der Waals surface area contributed by atoms with Crippen molar-refractivity contribution in [2.75, 3.05) is 6.54 Å². The molecular weight excluding hydrogens is 288 g/mol. The number of halogens is 2. The number of H-pyrrole nitrogens is 1. The number of hydrogen-bond acceptors (Lipinski definition) is 1. The maximum absolute atomic E-state index is 3.54. The highest BCUT2D eigenvalue weighted by Crippen LogP contribution is 2.31. The molecule has 86 valence electrons. The van der Waals surface area contributed by atoms with Gasteiger partial charge in [0.1, 0.15) is 0 Å². The van der Waals surface area contributed by atoms with Crippen molar-refractivity contribution in [1.29, 1.82) is 0 Å². The molecule has 1 aliphatic rings. The number of fused-ring (bicyclic) bond motifs is 1. The van der Waals surface area contributed by atoms with Crippen LogP contribution in [0.15, 0.2) is 28.9 Å². The molecule has 0 aliphatic carbocycles. The standard InChI is InChI=1S/C12H13BrN2.ClH/c13-8-3-4-12-9(6-8)10(7-15-12)11-2-1-5-14-11;/h3-4,6-7,11,14-15H,1-2,5H2;1H/t11-;/m1./s1. The first kappa shape index (κ1) is 12.0. The quantitative estimate of drug-likeness (QED) is 0.824. The summed E-state index contributed by atoms with van der Waals surface area (Å²) in [5.74, 6) is 0. The molecule has 3 rings (SSSR count). The van der Waals surface area contributed by atoms with E-state index in [-0.39, 0.29) is 12.4 Å². The minimum absolute atomic E-state index is 0. The van der Waals surface area contributed by atoms with E-state index in [4.69, 9.17) is 0 Å². The molecule has 2 nitrogen and oxygen atoms in total. The predicted octanol–water partition coefficient (Wildman–Crippen LogP) is 3.78. The Bertz CT molecular complexity index is 489. The molecule has 2 heterocycles. The van der Waals surface area contributed by atoms with E-state index in [1.165, 1.54) is 29.3 Å². The van der Waals surface area contributed by atoms with E-state index in [0.717, 1.165) is 11.0 Å². The van der Waals surface area contributed by atoms with Gasteiger partial charge >= 0.3 is 0 Å². The zero-order chi connectivity index (χ0) is 10.3. The van der Waals surface area contributed by atoms with Gasteiger partial charge in [-0.2, -0.15) is 0 Å². The fourth-order valence-electron chi connectivity index (χ4n) is 2.35. The summed E-state index contributed by atoms with van der Waals surface area (Å²) in [5, 5.41) is 4.87. The number of aromatic amines is 1. The lowest BCUT2D eigenvalue weighted by atomic mass is 10.0. The van der Waals surface area contributed by atoms with Crippen molar-refractivity contribution in [1.82, 2.24) is 10.3 Å². The highest BCUT2D eigenvalue weighted by Gasteiger charge is 2.19. The molecule has 4 heteroatoms. The maximum Gasteiger partial charge on any atom is 0.0458 e. The van der Waals surface area contributed by atoms with Gasteiger partial charge in [0.25, 0.3) is 0 Å². The van der Waals surface area contributed by atoms with Gasteiger partial charge in [0.2, 0.25) is 0 Å². The molecule has 0 spiro atoms. The van der Waals surface area contributed by atoms with Crippen molar-refractivity contribution in [2.24, 2.45) is 0 Å². The van der Waals surface area contributed by atoms with Crippen LogP contribution in [0.2, 0.25) is 0 Å². The Morgan fingerprint density at radius 3 is 2.94 bits per heavy atom. The van der Waals surface area contributed by atoms with Crippen molar-refractivity contribution < 1.29 is 0 Å². The van der Waals surface area contributed by atoms with E-state index in [9.17, 15) is 0 Å². The molecule has 0 saturated carbocycles. The van der Waals surface area contributed by atoms with Gasteiger partial charge in [-0.25, -0.2) is 0 Å². The second-order valence-electron chi connectivity index (χ2n) is 4.08. The SMILES string of the molecule is Brc1ccc2[nH]cc([C@H]3CCCN3)c2c1.Cl. The summed E-state index contributed by atoms with van der Waals surface area (Å²) in [4.78, 5) is 3.33. The van der Waals surface area contributed by atoms with Crippen LogP contribution >= 0.6 is 28.3 Å². The largest absolute Gasteiger partial charge is 0.361 e. The minimum Gasteiger partial charge on any atom is -0.361 e. The minimum atomic E-state index is 0. The molecule has 0 amide bonds. The molecule has 0 bridgehead atoms. The summed E-state index contributed by atoms with van der Waals surface area (Å²) in [5.41, 5.74) is 2.63. The predicted molar refractivity (Wildman–Crippen MR) is 73.2 cm³/mol. The number of benzene rings is 1. The first-order valence-corrected chi connectivity index (χ1v) is 6.14. The van der Waals surface area contributed by atoms with Crippen LogP contribution in [-0.4, -0.2) is 11.5 Å². The average Bonchev–Trinajstić information content (AvgIpc) is 2.83. The molecule has 0 unspecified atom stereocenters. The second-order valence-corrected chi connectivity index (χ2v) is 5.00. The summed E-state index contributed by atoms with van der Waals surface area (Å²) in [6.07, 6.45) is 4.67. The van der Waals surface area contributed by atoms with Crippen molar-refractivity contribution in [3.63, 3.8) is 0 Å². The van der Waals surface area contributed by atoms with Crippen LogP contribution in [-0.2, 0) is 0 Å². The third kappa shape index (κ3) is 1.99. The van der Waals surface area contributed by atoms with E-state index < -0.39 is 0 Å². The van der Waals surface area contributed by atoms with Gasteiger partial charge in [0.15, 0.2) is 0 Å². The Morgan fingerprint density at radius 2 is 2.19 bits per heavy atom. The monoisotopic (exact) mass is 300 g/mol. The van der Waals surface area contributed by atoms with Gasteiger partial charge in [-0.05, 0) is 43.1 Å². The number of rotatable bonds is 1. The van der Waals surface area contributed by atoms with Crippen LogP contribution < -0.4 is 5.32 Å². The molecule has 0 radical (unpaired) electrons. The lowest BCUT2D eigenvalue weighted by Gasteiger charge is -2.08. The lowest BCUT2D eigenvalue weighted by Crippen LogP contribution is -2.12. The van der Waals surface area contributed by atoms with Crippen molar-refractivity contribution >= 4 is 39.2 Å². The third-order valence-corrected chi connectivity index (χ3v) is 3.60. The fraction of sp³-hybridized carbons (Fsp3) is 0.333. The highest BCUT2D eigenvalue weighted by atomic mass is 79.9. The maximum atomic E-state index is 3.54. The zero-order valence-corrected chi connectivity index (χ0v) is 11.2. The van der Waals surface area contributed by atoms with Crippen molar-refractivity contribution in [3.05, 3.63) is 34.4 Å². The molecule has 1 atom stereocenters. The van der Waals surface area contributed by atoms with Crippen LogP contribution in [0.4, 0.5) is 0 Å². The van der Waals surface area contributed by atoms with Gasteiger partial charge in [-0.1, -0.05) is 15.9 Å². The summed E-state index contributed by atoms with van der Waals surface area (Å²) in [7, 11) is 0. The molecular formula is C12H14BrClN2. The lowest BCUT2D eigenvalue weighted by molar-refractivity contribution is 0.652. The van der Waals surface area contributed by atoms with Crippen LogP contribution in [0.3, 0.4) is 0 Å². The van der Waals surface area contributed by atoms with Crippen LogP contribution in [0.25, 0.3) is 10.9 Å². The molecule has 1 fully saturated rings. The molecule has 1 aromatic heterocycles. The summed E-state index contributed by atoms with van der Waals surface area (Å²) in [6.45, 7) is 1.14. The fourth-order valence-corrected chi connectivity index (χ4v) is 2.71. The number of aromatic nitrogens is 1. The van der Waals surface area contributed by atoms with E-state index in [1.807, 2.05) is 0 Å². The molecule has 2 N–H and O–H groups in total. The number of hydrogen-bond donors (Lipinski definition) is 2. The first-order chi connectivity index (χ1) is 7.34. The molecule has 1 aliphatic heterocycles. The van der Waals surface area contributed by atoms with E-state index in [0.29, 0.717) is 6.04 Å². The van der Waals surface area contributed by atoms with E-state index in [1.54, 1.807) is 0 Å². The normalized spacial score (nSPS) is 19.9. The van der Waals surface area contributed by atoms with Gasteiger partial charge in [0.05, 0.1) is 0 Å². The topological polar surface area (TPSA) is 27.8 Å².